The first-order chi connectivity index (χ1) is 18.4. The van der Waals surface area contributed by atoms with Gasteiger partial charge in [0.05, 0.1) is 17.2 Å². The average molecular weight is 514 g/mol. The third-order valence-electron chi connectivity index (χ3n) is 5.82. The fourth-order valence-corrected chi connectivity index (χ4v) is 3.91. The quantitative estimate of drug-likeness (QED) is 0.224. The molecule has 0 fully saturated rings. The first kappa shape index (κ1) is 24.4. The summed E-state index contributed by atoms with van der Waals surface area (Å²) < 4.78 is 32.7. The number of amides is 2. The Morgan fingerprint density at radius 2 is 1.34 bits per heavy atom. The van der Waals surface area contributed by atoms with Gasteiger partial charge < -0.3 is 10.1 Å². The molecule has 2 N–H and O–H groups in total. The van der Waals surface area contributed by atoms with E-state index in [9.17, 15) is 23.7 Å². The molecule has 8 nitrogen and oxygen atoms in total. The average Bonchev–Trinajstić information content (AvgIpc) is 3.37. The van der Waals surface area contributed by atoms with Gasteiger partial charge in [0.15, 0.2) is 0 Å². The van der Waals surface area contributed by atoms with Crippen LogP contribution in [-0.2, 0) is 0 Å². The van der Waals surface area contributed by atoms with E-state index in [-0.39, 0.29) is 23.9 Å². The number of carbonyl (C=O) groups is 1. The number of benzene rings is 4. The van der Waals surface area contributed by atoms with Crippen LogP contribution in [0.3, 0.4) is 0 Å². The van der Waals surface area contributed by atoms with Crippen LogP contribution in [0.1, 0.15) is 11.1 Å². The Balaban J connectivity index is 1.28. The van der Waals surface area contributed by atoms with E-state index in [1.807, 2.05) is 0 Å². The van der Waals surface area contributed by atoms with Crippen LogP contribution in [0.4, 0.5) is 25.0 Å². The van der Waals surface area contributed by atoms with Crippen LogP contribution in [0, 0.1) is 21.7 Å². The number of nitro benzene ring substituents is 1. The number of hydrogen-bond donors (Lipinski definition) is 2. The zero-order valence-corrected chi connectivity index (χ0v) is 19.7. The van der Waals surface area contributed by atoms with Crippen LogP contribution in [0.2, 0.25) is 0 Å². The predicted molar refractivity (Wildman–Crippen MR) is 138 cm³/mol. The minimum absolute atomic E-state index is 0.0365. The van der Waals surface area contributed by atoms with Crippen molar-refractivity contribution in [2.24, 2.45) is 0 Å². The Kier molecular flexibility index (Phi) is 6.68. The Bertz CT molecular complexity index is 1450. The van der Waals surface area contributed by atoms with Crippen molar-refractivity contribution in [3.63, 3.8) is 0 Å². The Morgan fingerprint density at radius 1 is 0.816 bits per heavy atom. The van der Waals surface area contributed by atoms with Crippen molar-refractivity contribution >= 4 is 28.7 Å². The zero-order valence-electron chi connectivity index (χ0n) is 19.7. The van der Waals surface area contributed by atoms with Gasteiger partial charge in [-0.3, -0.25) is 15.5 Å². The summed E-state index contributed by atoms with van der Waals surface area (Å²) in [7, 11) is 0. The molecule has 0 unspecified atom stereocenters. The summed E-state index contributed by atoms with van der Waals surface area (Å²) in [4.78, 5) is 23.4. The van der Waals surface area contributed by atoms with E-state index < -0.39 is 11.0 Å². The van der Waals surface area contributed by atoms with E-state index in [0.29, 0.717) is 28.4 Å². The molecule has 0 saturated heterocycles. The second kappa shape index (κ2) is 10.4. The Hall–Kier alpha value is -5.25. The van der Waals surface area contributed by atoms with Gasteiger partial charge in [0.25, 0.3) is 5.69 Å². The van der Waals surface area contributed by atoms with Gasteiger partial charge in [-0.15, -0.1) is 0 Å². The van der Waals surface area contributed by atoms with Gasteiger partial charge in [-0.05, 0) is 83.9 Å². The van der Waals surface area contributed by atoms with Gasteiger partial charge in [-0.25, -0.2) is 18.6 Å². The smallest absolute Gasteiger partial charge is 0.340 e. The van der Waals surface area contributed by atoms with Crippen molar-refractivity contribution in [3.05, 3.63) is 130 Å². The van der Waals surface area contributed by atoms with E-state index in [1.54, 1.807) is 48.5 Å². The summed E-state index contributed by atoms with van der Waals surface area (Å²) in [5.74, 6) is 0.155. The molecule has 0 spiro atoms. The number of carbonyl (C=O) groups excluding carboxylic acids is 1. The number of nitrogens with zero attached hydrogens (tertiary/aromatic N) is 2. The normalized spacial score (nSPS) is 12.7. The molecule has 0 radical (unpaired) electrons. The molecule has 0 saturated carbocycles. The van der Waals surface area contributed by atoms with Gasteiger partial charge >= 0.3 is 6.03 Å². The third-order valence-corrected chi connectivity index (χ3v) is 5.82. The van der Waals surface area contributed by atoms with Gasteiger partial charge in [-0.2, -0.15) is 0 Å². The Labute approximate surface area is 215 Å². The zero-order chi connectivity index (χ0) is 26.6. The van der Waals surface area contributed by atoms with Crippen LogP contribution in [0.15, 0.2) is 97.1 Å². The number of ether oxygens (including phenoxy) is 1. The highest BCUT2D eigenvalue weighted by atomic mass is 19.1. The number of non-ortho nitro benzene ring substituents is 1. The molecule has 190 valence electrons. The second-order valence-corrected chi connectivity index (χ2v) is 8.37. The largest absolute Gasteiger partial charge is 0.457 e. The Morgan fingerprint density at radius 3 is 1.89 bits per heavy atom. The highest BCUT2D eigenvalue weighted by Gasteiger charge is 2.27. The summed E-state index contributed by atoms with van der Waals surface area (Å²) in [6, 6.07) is 23.7. The fourth-order valence-electron chi connectivity index (χ4n) is 3.91. The number of nitro groups is 1. The molecule has 1 aliphatic rings. The topological polar surface area (TPSA) is 96.7 Å². The second-order valence-electron chi connectivity index (χ2n) is 8.37. The van der Waals surface area contributed by atoms with Gasteiger partial charge in [0.1, 0.15) is 23.1 Å². The maximum atomic E-state index is 13.5. The minimum Gasteiger partial charge on any atom is -0.457 e. The molecule has 5 rings (SSSR count). The SMILES string of the molecule is O=C(Nc1ccc(Oc2ccc([N+](=O)[O-])cc2)cc1)N1CC(c2ccc(F)cc2)=C(c2ccc(F)cc2)N1. The molecule has 1 aliphatic heterocycles. The lowest BCUT2D eigenvalue weighted by atomic mass is 10.0. The summed E-state index contributed by atoms with van der Waals surface area (Å²) in [5.41, 5.74) is 6.30. The summed E-state index contributed by atoms with van der Waals surface area (Å²) in [5, 5.41) is 15.0. The lowest BCUT2D eigenvalue weighted by molar-refractivity contribution is -0.384. The van der Waals surface area contributed by atoms with E-state index in [1.165, 1.54) is 53.5 Å². The van der Waals surface area contributed by atoms with Crippen LogP contribution in [0.25, 0.3) is 11.3 Å². The molecule has 2 amide bonds. The predicted octanol–water partition coefficient (Wildman–Crippen LogP) is 6.59. The van der Waals surface area contributed by atoms with Crippen molar-refractivity contribution in [1.82, 2.24) is 10.4 Å². The maximum Gasteiger partial charge on any atom is 0.340 e. The number of nitrogens with one attached hydrogen (secondary N) is 2. The molecular weight excluding hydrogens is 494 g/mol. The molecule has 10 heteroatoms. The van der Waals surface area contributed by atoms with E-state index in [0.717, 1.165) is 11.1 Å². The number of anilines is 1. The highest BCUT2D eigenvalue weighted by Crippen LogP contribution is 2.31. The number of halogens is 2. The molecule has 4 aromatic rings. The van der Waals surface area contributed by atoms with Crippen molar-refractivity contribution in [2.75, 3.05) is 11.9 Å². The number of urea groups is 1. The van der Waals surface area contributed by atoms with E-state index in [2.05, 4.69) is 10.7 Å². The minimum atomic E-state index is -0.489. The van der Waals surface area contributed by atoms with Gasteiger partial charge in [-0.1, -0.05) is 12.1 Å². The van der Waals surface area contributed by atoms with Crippen molar-refractivity contribution in [2.45, 2.75) is 0 Å². The lowest BCUT2D eigenvalue weighted by Gasteiger charge is -2.19. The number of hydrazine groups is 1. The molecular formula is C28H20F2N4O4. The van der Waals surface area contributed by atoms with Crippen molar-refractivity contribution in [3.8, 4) is 11.5 Å². The molecule has 4 aromatic carbocycles. The van der Waals surface area contributed by atoms with Crippen LogP contribution in [0.5, 0.6) is 11.5 Å². The highest BCUT2D eigenvalue weighted by molar-refractivity contribution is 5.98. The number of hydrogen-bond acceptors (Lipinski definition) is 5. The van der Waals surface area contributed by atoms with Crippen LogP contribution >= 0.6 is 0 Å². The van der Waals surface area contributed by atoms with Crippen LogP contribution < -0.4 is 15.5 Å². The van der Waals surface area contributed by atoms with E-state index in [4.69, 9.17) is 4.74 Å². The van der Waals surface area contributed by atoms with Crippen molar-refractivity contribution < 1.29 is 23.2 Å². The lowest BCUT2D eigenvalue weighted by Crippen LogP contribution is -2.40. The van der Waals surface area contributed by atoms with Gasteiger partial charge in [0, 0.05) is 23.4 Å². The summed E-state index contributed by atoms with van der Waals surface area (Å²) in [6.07, 6.45) is 0. The molecule has 0 atom stereocenters. The monoisotopic (exact) mass is 514 g/mol. The van der Waals surface area contributed by atoms with Crippen LogP contribution in [-0.4, -0.2) is 22.5 Å². The standard InChI is InChI=1S/C28H20F2N4O4/c29-20-5-1-18(2-6-20)26-17-33(32-27(26)19-3-7-21(30)8-4-19)28(35)31-22-9-13-24(14-10-22)38-25-15-11-23(12-16-25)34(36)37/h1-16,32H,17H2,(H,31,35). The molecule has 0 aliphatic carbocycles. The summed E-state index contributed by atoms with van der Waals surface area (Å²) >= 11 is 0. The fraction of sp³-hybridized carbons (Fsp3) is 0.0357. The summed E-state index contributed by atoms with van der Waals surface area (Å²) in [6.45, 7) is 0.186. The first-order valence-electron chi connectivity index (χ1n) is 11.5. The van der Waals surface area contributed by atoms with E-state index >= 15 is 0 Å². The van der Waals surface area contributed by atoms with Gasteiger partial charge in [0.2, 0.25) is 0 Å². The molecule has 1 heterocycles. The molecule has 0 bridgehead atoms. The third kappa shape index (κ3) is 5.44. The maximum absolute atomic E-state index is 13.5. The van der Waals surface area contributed by atoms with Crippen molar-refractivity contribution in [1.29, 1.82) is 0 Å². The molecule has 38 heavy (non-hydrogen) atoms. The first-order valence-corrected chi connectivity index (χ1v) is 11.5. The molecule has 0 aromatic heterocycles. The number of rotatable bonds is 6.